The Morgan fingerprint density at radius 3 is 2.32 bits per heavy atom. The van der Waals surface area contributed by atoms with Crippen molar-refractivity contribution in [3.8, 4) is 0 Å². The lowest BCUT2D eigenvalue weighted by atomic mass is 10.0. The molecule has 34 heavy (non-hydrogen) atoms. The van der Waals surface area contributed by atoms with E-state index in [-0.39, 0.29) is 30.8 Å². The van der Waals surface area contributed by atoms with Gasteiger partial charge in [-0.05, 0) is 48.2 Å². The van der Waals surface area contributed by atoms with Crippen molar-refractivity contribution in [3.63, 3.8) is 0 Å². The maximum Gasteiger partial charge on any atom is 0.243 e. The minimum absolute atomic E-state index is 0.0276. The van der Waals surface area contributed by atoms with E-state index in [0.717, 1.165) is 22.0 Å². The largest absolute Gasteiger partial charge is 0.352 e. The number of hydrogen-bond donors (Lipinski definition) is 1. The lowest BCUT2D eigenvalue weighted by Crippen LogP contribution is -2.52. The SMILES string of the molecule is CC[C@H](C)NC(=O)[C@@H](Cc1ccccc1)N(Cc1cccc(Br)c1)C(=O)Cc1ccccc1F. The van der Waals surface area contributed by atoms with Crippen LogP contribution in [0.25, 0.3) is 0 Å². The van der Waals surface area contributed by atoms with Gasteiger partial charge in [0.2, 0.25) is 11.8 Å². The first-order valence-corrected chi connectivity index (χ1v) is 12.3. The predicted octanol–water partition coefficient (Wildman–Crippen LogP) is 5.69. The molecule has 6 heteroatoms. The molecule has 3 aromatic carbocycles. The molecular weight excluding hydrogens is 495 g/mol. The van der Waals surface area contributed by atoms with Crippen LogP contribution in [0.1, 0.15) is 37.0 Å². The van der Waals surface area contributed by atoms with E-state index < -0.39 is 11.9 Å². The average Bonchev–Trinajstić information content (AvgIpc) is 2.83. The van der Waals surface area contributed by atoms with Crippen molar-refractivity contribution in [2.24, 2.45) is 0 Å². The summed E-state index contributed by atoms with van der Waals surface area (Å²) in [7, 11) is 0. The number of hydrogen-bond acceptors (Lipinski definition) is 2. The van der Waals surface area contributed by atoms with Crippen LogP contribution in [0.15, 0.2) is 83.3 Å². The Balaban J connectivity index is 1.98. The van der Waals surface area contributed by atoms with Gasteiger partial charge >= 0.3 is 0 Å². The normalized spacial score (nSPS) is 12.6. The fourth-order valence-corrected chi connectivity index (χ4v) is 4.18. The fraction of sp³-hybridized carbons (Fsp3) is 0.286. The first-order valence-electron chi connectivity index (χ1n) is 11.5. The van der Waals surface area contributed by atoms with E-state index in [4.69, 9.17) is 0 Å². The molecule has 0 unspecified atom stereocenters. The number of carbonyl (C=O) groups excluding carboxylic acids is 2. The summed E-state index contributed by atoms with van der Waals surface area (Å²) >= 11 is 3.48. The van der Waals surface area contributed by atoms with E-state index in [1.807, 2.05) is 68.4 Å². The van der Waals surface area contributed by atoms with E-state index in [1.165, 1.54) is 6.07 Å². The summed E-state index contributed by atoms with van der Waals surface area (Å²) in [5.41, 5.74) is 2.14. The van der Waals surface area contributed by atoms with Crippen LogP contribution in [-0.4, -0.2) is 28.8 Å². The highest BCUT2D eigenvalue weighted by atomic mass is 79.9. The Hall–Kier alpha value is -2.99. The molecule has 0 aliphatic rings. The number of rotatable bonds is 10. The van der Waals surface area contributed by atoms with Gasteiger partial charge in [-0.2, -0.15) is 0 Å². The third-order valence-corrected chi connectivity index (χ3v) is 6.31. The minimum atomic E-state index is -0.741. The van der Waals surface area contributed by atoms with Gasteiger partial charge in [-0.15, -0.1) is 0 Å². The van der Waals surface area contributed by atoms with E-state index in [9.17, 15) is 14.0 Å². The van der Waals surface area contributed by atoms with Crippen molar-refractivity contribution in [2.45, 2.75) is 51.7 Å². The lowest BCUT2D eigenvalue weighted by Gasteiger charge is -2.32. The molecule has 3 rings (SSSR count). The smallest absolute Gasteiger partial charge is 0.243 e. The van der Waals surface area contributed by atoms with Gasteiger partial charge in [-0.25, -0.2) is 4.39 Å². The predicted molar refractivity (Wildman–Crippen MR) is 137 cm³/mol. The third kappa shape index (κ3) is 7.26. The van der Waals surface area contributed by atoms with Crippen molar-refractivity contribution in [3.05, 3.63) is 106 Å². The molecular formula is C28H30BrFN2O2. The van der Waals surface area contributed by atoms with Gasteiger partial charge in [0.15, 0.2) is 0 Å². The Bertz CT molecular complexity index is 1110. The molecule has 0 fully saturated rings. The second-order valence-corrected chi connectivity index (χ2v) is 9.36. The quantitative estimate of drug-likeness (QED) is 0.370. The molecule has 4 nitrogen and oxygen atoms in total. The molecule has 0 bridgehead atoms. The highest BCUT2D eigenvalue weighted by Gasteiger charge is 2.31. The van der Waals surface area contributed by atoms with Crippen LogP contribution in [0.3, 0.4) is 0 Å². The topological polar surface area (TPSA) is 49.4 Å². The molecule has 0 aliphatic heterocycles. The van der Waals surface area contributed by atoms with Gasteiger partial charge < -0.3 is 10.2 Å². The molecule has 0 heterocycles. The lowest BCUT2D eigenvalue weighted by molar-refractivity contribution is -0.141. The minimum Gasteiger partial charge on any atom is -0.352 e. The van der Waals surface area contributed by atoms with Crippen molar-refractivity contribution >= 4 is 27.7 Å². The number of amides is 2. The zero-order valence-electron chi connectivity index (χ0n) is 19.5. The highest BCUT2D eigenvalue weighted by molar-refractivity contribution is 9.10. The fourth-order valence-electron chi connectivity index (χ4n) is 3.73. The molecule has 0 saturated carbocycles. The van der Waals surface area contributed by atoms with Crippen molar-refractivity contribution < 1.29 is 14.0 Å². The van der Waals surface area contributed by atoms with E-state index in [2.05, 4.69) is 21.2 Å². The first-order chi connectivity index (χ1) is 16.4. The van der Waals surface area contributed by atoms with Crippen LogP contribution >= 0.6 is 15.9 Å². The summed E-state index contributed by atoms with van der Waals surface area (Å²) in [6.45, 7) is 4.18. The molecule has 0 saturated heterocycles. The van der Waals surface area contributed by atoms with Crippen molar-refractivity contribution in [1.29, 1.82) is 0 Å². The van der Waals surface area contributed by atoms with E-state index in [0.29, 0.717) is 12.0 Å². The van der Waals surface area contributed by atoms with E-state index >= 15 is 0 Å². The molecule has 1 N–H and O–H groups in total. The molecule has 2 atom stereocenters. The molecule has 0 aliphatic carbocycles. The average molecular weight is 525 g/mol. The van der Waals surface area contributed by atoms with Gasteiger partial charge in [0.25, 0.3) is 0 Å². The molecule has 0 spiro atoms. The van der Waals surface area contributed by atoms with Crippen LogP contribution in [0.2, 0.25) is 0 Å². The summed E-state index contributed by atoms with van der Waals surface area (Å²) in [5.74, 6) is -0.942. The number of benzene rings is 3. The van der Waals surface area contributed by atoms with Crippen LogP contribution in [-0.2, 0) is 29.0 Å². The van der Waals surface area contributed by atoms with Crippen LogP contribution in [0, 0.1) is 5.82 Å². The second-order valence-electron chi connectivity index (χ2n) is 8.44. The number of nitrogens with zero attached hydrogens (tertiary/aromatic N) is 1. The summed E-state index contributed by atoms with van der Waals surface area (Å²) < 4.78 is 15.2. The number of nitrogens with one attached hydrogen (secondary N) is 1. The van der Waals surface area contributed by atoms with E-state index in [1.54, 1.807) is 23.1 Å². The van der Waals surface area contributed by atoms with Gasteiger partial charge in [0, 0.05) is 23.5 Å². The van der Waals surface area contributed by atoms with Crippen LogP contribution in [0.5, 0.6) is 0 Å². The summed E-state index contributed by atoms with van der Waals surface area (Å²) in [4.78, 5) is 28.6. The standard InChI is InChI=1S/C28H30BrFN2O2/c1-3-20(2)31-28(34)26(17-21-10-5-4-6-11-21)32(19-22-12-9-14-24(29)16-22)27(33)18-23-13-7-8-15-25(23)30/h4-16,20,26H,3,17-19H2,1-2H3,(H,31,34)/t20-,26+/m0/s1. The third-order valence-electron chi connectivity index (χ3n) is 5.81. The summed E-state index contributed by atoms with van der Waals surface area (Å²) in [6, 6.07) is 22.8. The molecule has 3 aromatic rings. The van der Waals surface area contributed by atoms with Gasteiger partial charge in [-0.1, -0.05) is 83.5 Å². The number of halogens is 2. The van der Waals surface area contributed by atoms with Gasteiger partial charge in [-0.3, -0.25) is 9.59 Å². The summed E-state index contributed by atoms with van der Waals surface area (Å²) in [5, 5.41) is 3.04. The Kier molecular flexibility index (Phi) is 9.40. The molecule has 0 radical (unpaired) electrons. The van der Waals surface area contributed by atoms with Crippen molar-refractivity contribution in [1.82, 2.24) is 10.2 Å². The monoisotopic (exact) mass is 524 g/mol. The second kappa shape index (κ2) is 12.5. The number of carbonyl (C=O) groups is 2. The highest BCUT2D eigenvalue weighted by Crippen LogP contribution is 2.20. The first kappa shape index (κ1) is 25.6. The maximum atomic E-state index is 14.4. The Morgan fingerprint density at radius 1 is 0.971 bits per heavy atom. The van der Waals surface area contributed by atoms with Crippen molar-refractivity contribution in [2.75, 3.05) is 0 Å². The van der Waals surface area contributed by atoms with Gasteiger partial charge in [0.1, 0.15) is 11.9 Å². The molecule has 178 valence electrons. The maximum absolute atomic E-state index is 14.4. The van der Waals surface area contributed by atoms with Crippen LogP contribution < -0.4 is 5.32 Å². The zero-order chi connectivity index (χ0) is 24.5. The zero-order valence-corrected chi connectivity index (χ0v) is 21.1. The Labute approximate surface area is 209 Å². The van der Waals surface area contributed by atoms with Gasteiger partial charge in [0.05, 0.1) is 6.42 Å². The molecule has 2 amide bonds. The Morgan fingerprint density at radius 2 is 1.65 bits per heavy atom. The summed E-state index contributed by atoms with van der Waals surface area (Å²) in [6.07, 6.45) is 1.02. The molecule has 0 aromatic heterocycles. The van der Waals surface area contributed by atoms with Crippen LogP contribution in [0.4, 0.5) is 4.39 Å².